The number of nitriles is 1. The molecular formula is C7H4ClNO3. The Morgan fingerprint density at radius 1 is 1.83 bits per heavy atom. The Morgan fingerprint density at radius 2 is 2.50 bits per heavy atom. The van der Waals surface area contributed by atoms with Crippen LogP contribution in [0.5, 0.6) is 0 Å². The summed E-state index contributed by atoms with van der Waals surface area (Å²) in [4.78, 5) is 10.8. The molecule has 1 aromatic heterocycles. The maximum Gasteiger partial charge on any atom is 0.374 e. The third-order valence-electron chi connectivity index (χ3n) is 1.17. The minimum absolute atomic E-state index is 0.0703. The molecule has 0 saturated carbocycles. The molecule has 62 valence electrons. The number of furan rings is 1. The summed E-state index contributed by atoms with van der Waals surface area (Å²) < 4.78 is 9.10. The fourth-order valence-electron chi connectivity index (χ4n) is 0.646. The maximum absolute atomic E-state index is 10.8. The molecular weight excluding hydrogens is 182 g/mol. The van der Waals surface area contributed by atoms with Crippen LogP contribution in [0.2, 0.25) is 5.02 Å². The normalized spacial score (nSPS) is 9.08. The highest BCUT2D eigenvalue weighted by Gasteiger charge is 2.15. The number of halogens is 1. The molecule has 12 heavy (non-hydrogen) atoms. The Hall–Kier alpha value is -1.47. The molecule has 1 aromatic rings. The van der Waals surface area contributed by atoms with E-state index in [2.05, 4.69) is 4.74 Å². The second kappa shape index (κ2) is 3.28. The van der Waals surface area contributed by atoms with Gasteiger partial charge in [-0.3, -0.25) is 0 Å². The van der Waals surface area contributed by atoms with Crippen molar-refractivity contribution in [3.05, 3.63) is 22.6 Å². The molecule has 0 aliphatic carbocycles. The molecule has 0 unspecified atom stereocenters. The zero-order valence-corrected chi connectivity index (χ0v) is 6.88. The van der Waals surface area contributed by atoms with E-state index >= 15 is 0 Å². The smallest absolute Gasteiger partial charge is 0.374 e. The first-order valence-electron chi connectivity index (χ1n) is 2.96. The lowest BCUT2D eigenvalue weighted by molar-refractivity contribution is 0.0564. The second-order valence-electron chi connectivity index (χ2n) is 1.89. The lowest BCUT2D eigenvalue weighted by atomic mass is 10.4. The molecule has 0 fully saturated rings. The van der Waals surface area contributed by atoms with Crippen LogP contribution in [0.4, 0.5) is 0 Å². The molecule has 0 atom stereocenters. The standard InChI is InChI=1S/C7H4ClNO3/c1-11-7(10)5-2-4(8)6(3-9)12-5/h2H,1H3. The molecule has 0 aliphatic rings. The van der Waals surface area contributed by atoms with Gasteiger partial charge in [-0.25, -0.2) is 4.79 Å². The zero-order valence-electron chi connectivity index (χ0n) is 6.13. The predicted octanol–water partition coefficient (Wildman–Crippen LogP) is 1.59. The van der Waals surface area contributed by atoms with E-state index in [-0.39, 0.29) is 16.5 Å². The van der Waals surface area contributed by atoms with Crippen molar-refractivity contribution in [1.82, 2.24) is 0 Å². The van der Waals surface area contributed by atoms with Gasteiger partial charge in [0.1, 0.15) is 6.07 Å². The Morgan fingerprint density at radius 3 is 2.92 bits per heavy atom. The van der Waals surface area contributed by atoms with Crippen molar-refractivity contribution < 1.29 is 13.9 Å². The highest BCUT2D eigenvalue weighted by Crippen LogP contribution is 2.20. The van der Waals surface area contributed by atoms with Crippen LogP contribution < -0.4 is 0 Å². The van der Waals surface area contributed by atoms with E-state index in [9.17, 15) is 4.79 Å². The number of esters is 1. The number of hydrogen-bond donors (Lipinski definition) is 0. The van der Waals surface area contributed by atoms with Gasteiger partial charge < -0.3 is 9.15 Å². The van der Waals surface area contributed by atoms with Crippen LogP contribution in [-0.2, 0) is 4.74 Å². The van der Waals surface area contributed by atoms with Crippen LogP contribution in [0.25, 0.3) is 0 Å². The van der Waals surface area contributed by atoms with Crippen LogP contribution in [0.3, 0.4) is 0 Å². The van der Waals surface area contributed by atoms with Crippen molar-refractivity contribution >= 4 is 17.6 Å². The van der Waals surface area contributed by atoms with Gasteiger partial charge in [0.2, 0.25) is 11.5 Å². The topological polar surface area (TPSA) is 63.2 Å². The van der Waals surface area contributed by atoms with Gasteiger partial charge in [0.15, 0.2) is 0 Å². The molecule has 0 aromatic carbocycles. The number of ether oxygens (including phenoxy) is 1. The van der Waals surface area contributed by atoms with Crippen molar-refractivity contribution in [1.29, 1.82) is 5.26 Å². The predicted molar refractivity (Wildman–Crippen MR) is 39.8 cm³/mol. The van der Waals surface area contributed by atoms with Gasteiger partial charge in [-0.1, -0.05) is 11.6 Å². The molecule has 0 saturated heterocycles. The molecule has 1 rings (SSSR count). The summed E-state index contributed by atoms with van der Waals surface area (Å²) in [5.41, 5.74) is 0. The molecule has 0 spiro atoms. The van der Waals surface area contributed by atoms with Gasteiger partial charge in [0.05, 0.1) is 12.1 Å². The zero-order chi connectivity index (χ0) is 9.14. The van der Waals surface area contributed by atoms with Crippen molar-refractivity contribution in [3.63, 3.8) is 0 Å². The highest BCUT2D eigenvalue weighted by atomic mass is 35.5. The number of carbonyl (C=O) groups excluding carboxylic acids is 1. The van der Waals surface area contributed by atoms with Crippen molar-refractivity contribution in [2.45, 2.75) is 0 Å². The minimum Gasteiger partial charge on any atom is -0.463 e. The first-order valence-corrected chi connectivity index (χ1v) is 3.34. The molecule has 1 heterocycles. The average Bonchev–Trinajstić information content (AvgIpc) is 2.45. The van der Waals surface area contributed by atoms with Gasteiger partial charge in [-0.2, -0.15) is 5.26 Å². The first kappa shape index (κ1) is 8.62. The van der Waals surface area contributed by atoms with Gasteiger partial charge in [0, 0.05) is 6.07 Å². The molecule has 5 heteroatoms. The summed E-state index contributed by atoms with van der Waals surface area (Å²) in [7, 11) is 1.21. The Kier molecular flexibility index (Phi) is 2.36. The second-order valence-corrected chi connectivity index (χ2v) is 2.30. The van der Waals surface area contributed by atoms with Crippen LogP contribution in [0, 0.1) is 11.3 Å². The summed E-state index contributed by atoms with van der Waals surface area (Å²) in [6.45, 7) is 0. The van der Waals surface area contributed by atoms with Crippen LogP contribution in [0.15, 0.2) is 10.5 Å². The van der Waals surface area contributed by atoms with Crippen LogP contribution in [0.1, 0.15) is 16.3 Å². The molecule has 0 amide bonds. The van der Waals surface area contributed by atoms with Crippen molar-refractivity contribution in [2.75, 3.05) is 7.11 Å². The first-order chi connectivity index (χ1) is 5.69. The van der Waals surface area contributed by atoms with E-state index in [0.717, 1.165) is 0 Å². The fraction of sp³-hybridized carbons (Fsp3) is 0.143. The lowest BCUT2D eigenvalue weighted by Crippen LogP contribution is -1.98. The van der Waals surface area contributed by atoms with E-state index in [1.165, 1.54) is 13.2 Å². The molecule has 0 bridgehead atoms. The number of hydrogen-bond acceptors (Lipinski definition) is 4. The highest BCUT2D eigenvalue weighted by molar-refractivity contribution is 6.31. The minimum atomic E-state index is -0.654. The van der Waals surface area contributed by atoms with Crippen LogP contribution >= 0.6 is 11.6 Å². The molecule has 0 radical (unpaired) electrons. The van der Waals surface area contributed by atoms with Crippen molar-refractivity contribution in [2.24, 2.45) is 0 Å². The number of nitrogens with zero attached hydrogens (tertiary/aromatic N) is 1. The Bertz CT molecular complexity index is 350. The van der Waals surface area contributed by atoms with E-state index in [0.29, 0.717) is 0 Å². The molecule has 0 N–H and O–H groups in total. The number of methoxy groups -OCH3 is 1. The number of carbonyl (C=O) groups is 1. The molecule has 0 aliphatic heterocycles. The van der Waals surface area contributed by atoms with E-state index < -0.39 is 5.97 Å². The van der Waals surface area contributed by atoms with Gasteiger partial charge >= 0.3 is 5.97 Å². The van der Waals surface area contributed by atoms with E-state index in [4.69, 9.17) is 21.3 Å². The Labute approximate surface area is 73.3 Å². The van der Waals surface area contributed by atoms with Gasteiger partial charge in [-0.05, 0) is 0 Å². The summed E-state index contributed by atoms with van der Waals surface area (Å²) >= 11 is 5.52. The fourth-order valence-corrected chi connectivity index (χ4v) is 0.826. The summed E-state index contributed by atoms with van der Waals surface area (Å²) in [6, 6.07) is 2.93. The number of rotatable bonds is 1. The van der Waals surface area contributed by atoms with E-state index in [1.807, 2.05) is 0 Å². The monoisotopic (exact) mass is 185 g/mol. The Balaban J connectivity index is 3.07. The third-order valence-corrected chi connectivity index (χ3v) is 1.46. The van der Waals surface area contributed by atoms with Gasteiger partial charge in [0.25, 0.3) is 0 Å². The SMILES string of the molecule is COC(=O)c1cc(Cl)c(C#N)o1. The third kappa shape index (κ3) is 1.41. The molecule has 4 nitrogen and oxygen atoms in total. The average molecular weight is 186 g/mol. The largest absolute Gasteiger partial charge is 0.463 e. The quantitative estimate of drug-likeness (QED) is 0.624. The van der Waals surface area contributed by atoms with Gasteiger partial charge in [-0.15, -0.1) is 0 Å². The summed E-state index contributed by atoms with van der Waals surface area (Å²) in [5.74, 6) is -0.811. The lowest BCUT2D eigenvalue weighted by Gasteiger charge is -1.90. The maximum atomic E-state index is 10.8. The summed E-state index contributed by atoms with van der Waals surface area (Å²) in [6.07, 6.45) is 0. The van der Waals surface area contributed by atoms with Crippen LogP contribution in [-0.4, -0.2) is 13.1 Å². The summed E-state index contributed by atoms with van der Waals surface area (Å²) in [5, 5.41) is 8.52. The van der Waals surface area contributed by atoms with Crippen molar-refractivity contribution in [3.8, 4) is 6.07 Å². The van der Waals surface area contributed by atoms with E-state index in [1.54, 1.807) is 6.07 Å².